The molecule has 0 radical (unpaired) electrons. The molecule has 0 amide bonds. The minimum absolute atomic E-state index is 0. The van der Waals surface area contributed by atoms with Gasteiger partial charge in [0, 0.05) is 32.6 Å². The number of methoxy groups -OCH3 is 2. The van der Waals surface area contributed by atoms with Crippen molar-refractivity contribution in [2.45, 2.75) is 24.8 Å². The molecule has 2 unspecified atom stereocenters. The summed E-state index contributed by atoms with van der Waals surface area (Å²) in [5.74, 6) is 2.36. The van der Waals surface area contributed by atoms with E-state index in [9.17, 15) is 4.39 Å². The number of likely N-dealkylation sites (N-methyl/N-ethyl adjacent to an activating group) is 1. The van der Waals surface area contributed by atoms with Gasteiger partial charge in [-0.25, -0.2) is 4.39 Å². The number of halogens is 2. The van der Waals surface area contributed by atoms with Crippen LogP contribution in [0.1, 0.15) is 23.5 Å². The van der Waals surface area contributed by atoms with Gasteiger partial charge in [0.2, 0.25) is 0 Å². The van der Waals surface area contributed by atoms with Crippen molar-refractivity contribution in [1.82, 2.24) is 10.2 Å². The van der Waals surface area contributed by atoms with Crippen LogP contribution in [0.2, 0.25) is 0 Å². The largest absolute Gasteiger partial charge is 0.493 e. The predicted octanol–water partition coefficient (Wildman–Crippen LogP) is 4.07. The lowest BCUT2D eigenvalue weighted by Gasteiger charge is -2.22. The number of guanidine groups is 1. The summed E-state index contributed by atoms with van der Waals surface area (Å²) in [6.07, 6.45) is 1.77. The highest BCUT2D eigenvalue weighted by atomic mass is 127. The zero-order valence-electron chi connectivity index (χ0n) is 17.3. The summed E-state index contributed by atoms with van der Waals surface area (Å²) in [4.78, 5) is 6.48. The molecule has 0 saturated heterocycles. The van der Waals surface area contributed by atoms with Gasteiger partial charge in [-0.3, -0.25) is 4.99 Å². The van der Waals surface area contributed by atoms with Crippen molar-refractivity contribution >= 4 is 29.9 Å². The van der Waals surface area contributed by atoms with E-state index in [4.69, 9.17) is 9.47 Å². The first-order valence-electron chi connectivity index (χ1n) is 9.47. The third kappa shape index (κ3) is 5.74. The van der Waals surface area contributed by atoms with Crippen LogP contribution in [0, 0.1) is 5.82 Å². The van der Waals surface area contributed by atoms with E-state index in [1.807, 2.05) is 37.4 Å². The fraction of sp³-hybridized carbons (Fsp3) is 0.409. The molecule has 158 valence electrons. The van der Waals surface area contributed by atoms with Gasteiger partial charge in [0.1, 0.15) is 5.82 Å². The van der Waals surface area contributed by atoms with Gasteiger partial charge >= 0.3 is 0 Å². The van der Waals surface area contributed by atoms with Gasteiger partial charge in [-0.15, -0.1) is 24.0 Å². The fourth-order valence-electron chi connectivity index (χ4n) is 3.42. The molecule has 2 atom stereocenters. The van der Waals surface area contributed by atoms with Crippen molar-refractivity contribution in [3.63, 3.8) is 0 Å². The Hall–Kier alpha value is -2.03. The third-order valence-electron chi connectivity index (χ3n) is 5.17. The lowest BCUT2D eigenvalue weighted by molar-refractivity contribution is 0.354. The van der Waals surface area contributed by atoms with Crippen LogP contribution in [0.5, 0.6) is 11.5 Å². The molecule has 2 aromatic rings. The Morgan fingerprint density at radius 2 is 1.90 bits per heavy atom. The highest BCUT2D eigenvalue weighted by Crippen LogP contribution is 2.41. The molecule has 1 fully saturated rings. The van der Waals surface area contributed by atoms with Gasteiger partial charge in [-0.1, -0.05) is 24.3 Å². The molecule has 1 aliphatic carbocycles. The first-order chi connectivity index (χ1) is 13.6. The van der Waals surface area contributed by atoms with Gasteiger partial charge < -0.3 is 19.7 Å². The zero-order chi connectivity index (χ0) is 20.1. The van der Waals surface area contributed by atoms with Crippen LogP contribution in [0.25, 0.3) is 0 Å². The molecular formula is C22H29FIN3O2. The van der Waals surface area contributed by atoms with Crippen LogP contribution in [0.4, 0.5) is 4.39 Å². The number of hydrogen-bond donors (Lipinski definition) is 1. The van der Waals surface area contributed by atoms with Crippen molar-refractivity contribution in [3.8, 4) is 11.5 Å². The molecule has 29 heavy (non-hydrogen) atoms. The van der Waals surface area contributed by atoms with E-state index in [0.29, 0.717) is 0 Å². The minimum atomic E-state index is -0.131. The monoisotopic (exact) mass is 513 g/mol. The van der Waals surface area contributed by atoms with Crippen LogP contribution < -0.4 is 14.8 Å². The van der Waals surface area contributed by atoms with Gasteiger partial charge in [0.15, 0.2) is 17.5 Å². The quantitative estimate of drug-likeness (QED) is 0.345. The molecule has 0 heterocycles. The van der Waals surface area contributed by atoms with Gasteiger partial charge in [0.05, 0.1) is 14.2 Å². The summed E-state index contributed by atoms with van der Waals surface area (Å²) in [6, 6.07) is 13.2. The Balaban J connectivity index is 0.00000300. The van der Waals surface area contributed by atoms with Crippen LogP contribution in [-0.4, -0.2) is 51.8 Å². The van der Waals surface area contributed by atoms with Crippen LogP contribution >= 0.6 is 24.0 Å². The number of nitrogens with zero attached hydrogens (tertiary/aromatic N) is 2. The molecule has 5 nitrogen and oxygen atoms in total. The third-order valence-corrected chi connectivity index (χ3v) is 5.17. The molecule has 0 bridgehead atoms. The topological polar surface area (TPSA) is 46.1 Å². The molecule has 1 saturated carbocycles. The fourth-order valence-corrected chi connectivity index (χ4v) is 3.42. The lowest BCUT2D eigenvalue weighted by atomic mass is 10.1. The van der Waals surface area contributed by atoms with E-state index in [2.05, 4.69) is 15.2 Å². The summed E-state index contributed by atoms with van der Waals surface area (Å²) >= 11 is 0. The maximum Gasteiger partial charge on any atom is 0.193 e. The Morgan fingerprint density at radius 3 is 2.55 bits per heavy atom. The van der Waals surface area contributed by atoms with Crippen molar-refractivity contribution in [3.05, 3.63) is 59.4 Å². The average molecular weight is 513 g/mol. The second-order valence-corrected chi connectivity index (χ2v) is 7.02. The Labute approximate surface area is 189 Å². The molecule has 1 N–H and O–H groups in total. The van der Waals surface area contributed by atoms with Gasteiger partial charge in [-0.2, -0.15) is 0 Å². The van der Waals surface area contributed by atoms with E-state index in [0.717, 1.165) is 48.0 Å². The van der Waals surface area contributed by atoms with E-state index in [1.165, 1.54) is 6.07 Å². The number of benzene rings is 2. The van der Waals surface area contributed by atoms with Gasteiger partial charge in [0.25, 0.3) is 0 Å². The molecule has 0 aromatic heterocycles. The smallest absolute Gasteiger partial charge is 0.193 e. The number of rotatable bonds is 7. The van der Waals surface area contributed by atoms with E-state index < -0.39 is 0 Å². The molecule has 3 rings (SSSR count). The van der Waals surface area contributed by atoms with E-state index in [-0.39, 0.29) is 41.8 Å². The van der Waals surface area contributed by atoms with E-state index in [1.54, 1.807) is 27.3 Å². The van der Waals surface area contributed by atoms with Crippen molar-refractivity contribution < 1.29 is 13.9 Å². The summed E-state index contributed by atoms with van der Waals surface area (Å²) < 4.78 is 24.6. The predicted molar refractivity (Wildman–Crippen MR) is 125 cm³/mol. The van der Waals surface area contributed by atoms with Crippen LogP contribution in [0.3, 0.4) is 0 Å². The van der Waals surface area contributed by atoms with Crippen molar-refractivity contribution in [1.29, 1.82) is 0 Å². The first kappa shape index (κ1) is 23.3. The molecule has 0 aliphatic heterocycles. The number of ether oxygens (including phenoxy) is 2. The SMILES string of the molecule is CN=C(NC1CC1c1ccccc1F)N(C)CCc1ccc(OC)c(OC)c1.I. The summed E-state index contributed by atoms with van der Waals surface area (Å²) in [5.41, 5.74) is 1.94. The molecule has 7 heteroatoms. The van der Waals surface area contributed by atoms with E-state index >= 15 is 0 Å². The maximum absolute atomic E-state index is 14.0. The maximum atomic E-state index is 14.0. The Bertz CT molecular complexity index is 847. The summed E-state index contributed by atoms with van der Waals surface area (Å²) in [6.45, 7) is 0.798. The van der Waals surface area contributed by atoms with Gasteiger partial charge in [-0.05, 0) is 42.2 Å². The standard InChI is InChI=1S/C22H28FN3O2.HI/c1-24-22(25-19-14-17(19)16-7-5-6-8-18(16)23)26(2)12-11-15-9-10-20(27-3)21(13-15)28-4;/h5-10,13,17,19H,11-12,14H2,1-4H3,(H,24,25);1H. The zero-order valence-corrected chi connectivity index (χ0v) is 19.6. The first-order valence-corrected chi connectivity index (χ1v) is 9.47. The van der Waals surface area contributed by atoms with Crippen molar-refractivity contribution in [2.75, 3.05) is 34.9 Å². The Kier molecular flexibility index (Phi) is 8.55. The van der Waals surface area contributed by atoms with Crippen molar-refractivity contribution in [2.24, 2.45) is 4.99 Å². The summed E-state index contributed by atoms with van der Waals surface area (Å²) in [7, 11) is 7.06. The normalized spacial score (nSPS) is 17.9. The number of aliphatic imine (C=N–C) groups is 1. The highest BCUT2D eigenvalue weighted by Gasteiger charge is 2.40. The Morgan fingerprint density at radius 1 is 1.17 bits per heavy atom. The molecule has 2 aromatic carbocycles. The molecular weight excluding hydrogens is 484 g/mol. The second-order valence-electron chi connectivity index (χ2n) is 7.02. The van der Waals surface area contributed by atoms with Crippen LogP contribution in [-0.2, 0) is 6.42 Å². The summed E-state index contributed by atoms with van der Waals surface area (Å²) in [5, 5.41) is 3.46. The highest BCUT2D eigenvalue weighted by molar-refractivity contribution is 14.0. The average Bonchev–Trinajstić information content (AvgIpc) is 3.49. The van der Waals surface area contributed by atoms with Crippen LogP contribution in [0.15, 0.2) is 47.5 Å². The molecule has 0 spiro atoms. The minimum Gasteiger partial charge on any atom is -0.493 e. The molecule has 1 aliphatic rings. The lowest BCUT2D eigenvalue weighted by Crippen LogP contribution is -2.41. The second kappa shape index (κ2) is 10.7. The number of hydrogen-bond acceptors (Lipinski definition) is 3. The number of nitrogens with one attached hydrogen (secondary N) is 1.